The Morgan fingerprint density at radius 3 is 2.33 bits per heavy atom. The van der Waals surface area contributed by atoms with Gasteiger partial charge in [0.25, 0.3) is 5.91 Å². The van der Waals surface area contributed by atoms with Gasteiger partial charge in [-0.1, -0.05) is 65.1 Å². The predicted molar refractivity (Wildman–Crippen MR) is 145 cm³/mol. The molecule has 0 radical (unpaired) electrons. The second kappa shape index (κ2) is 11.8. The van der Waals surface area contributed by atoms with Gasteiger partial charge in [0.05, 0.1) is 21.7 Å². The van der Waals surface area contributed by atoms with E-state index in [9.17, 15) is 9.59 Å². The monoisotopic (exact) mass is 559 g/mol. The van der Waals surface area contributed by atoms with Crippen molar-refractivity contribution in [2.75, 3.05) is 18.5 Å². The van der Waals surface area contributed by atoms with Gasteiger partial charge in [0.15, 0.2) is 0 Å². The van der Waals surface area contributed by atoms with Crippen LogP contribution >= 0.6 is 46.1 Å². The van der Waals surface area contributed by atoms with Crippen molar-refractivity contribution in [3.05, 3.63) is 104 Å². The first-order chi connectivity index (χ1) is 17.3. The van der Waals surface area contributed by atoms with Gasteiger partial charge < -0.3 is 9.64 Å². The minimum atomic E-state index is -0.548. The molecular weight excluding hydrogens is 541 g/mol. The lowest BCUT2D eigenvalue weighted by molar-refractivity contribution is 0.0999. The fourth-order valence-corrected chi connectivity index (χ4v) is 4.65. The minimum Gasteiger partial charge on any atom is -0.390 e. The summed E-state index contributed by atoms with van der Waals surface area (Å²) in [6.07, 6.45) is 0.142. The number of ether oxygens (including phenoxy) is 1. The van der Waals surface area contributed by atoms with Crippen LogP contribution in [0.3, 0.4) is 0 Å². The number of anilines is 2. The zero-order chi connectivity index (χ0) is 25.7. The number of amides is 2. The van der Waals surface area contributed by atoms with Gasteiger partial charge in [-0.2, -0.15) is 4.98 Å². The Balaban J connectivity index is 1.54. The van der Waals surface area contributed by atoms with E-state index in [-0.39, 0.29) is 16.5 Å². The molecule has 0 saturated carbocycles. The Bertz CT molecular complexity index is 1360. The topological polar surface area (TPSA) is 62.7 Å². The molecule has 0 aliphatic carbocycles. The van der Waals surface area contributed by atoms with Gasteiger partial charge >= 0.3 is 6.09 Å². The van der Waals surface area contributed by atoms with Crippen molar-refractivity contribution in [3.8, 4) is 5.88 Å². The van der Waals surface area contributed by atoms with E-state index < -0.39 is 12.0 Å². The number of likely N-dealkylation sites (N-methyl/N-ethyl adjacent to an activating group) is 1. The molecule has 3 aromatic carbocycles. The highest BCUT2D eigenvalue weighted by Gasteiger charge is 2.26. The van der Waals surface area contributed by atoms with Gasteiger partial charge in [-0.15, -0.1) is 11.3 Å². The molecule has 0 bridgehead atoms. The smallest absolute Gasteiger partial charge is 0.390 e. The number of rotatable bonds is 7. The first kappa shape index (κ1) is 26.0. The van der Waals surface area contributed by atoms with Crippen LogP contribution < -0.4 is 9.64 Å². The van der Waals surface area contributed by atoms with Crippen LogP contribution in [0.15, 0.2) is 78.2 Å². The van der Waals surface area contributed by atoms with Crippen LogP contribution in [0.4, 0.5) is 15.6 Å². The standard InChI is InChI=1S/C26H20Cl3N3O3S/c1-31(14-13-17-5-3-2-4-6-17)26(34)35-23-16-36-25(30-23)32(20-10-7-18(27)8-11-20)24(33)21-12-9-19(28)15-22(21)29/h2-12,15-16H,13-14H2,1H3. The fraction of sp³-hybridized carbons (Fsp3) is 0.115. The summed E-state index contributed by atoms with van der Waals surface area (Å²) in [5.74, 6) is -0.341. The molecule has 0 unspecified atom stereocenters. The van der Waals surface area contributed by atoms with Gasteiger partial charge in [0.1, 0.15) is 0 Å². The molecule has 1 heterocycles. The van der Waals surface area contributed by atoms with E-state index in [0.717, 1.165) is 16.9 Å². The van der Waals surface area contributed by atoms with Crippen molar-refractivity contribution in [2.45, 2.75) is 6.42 Å². The molecule has 0 aliphatic heterocycles. The minimum absolute atomic E-state index is 0.0838. The van der Waals surface area contributed by atoms with Crippen molar-refractivity contribution in [1.29, 1.82) is 0 Å². The number of halogens is 3. The van der Waals surface area contributed by atoms with Crippen LogP contribution in [-0.2, 0) is 6.42 Å². The van der Waals surface area contributed by atoms with Crippen molar-refractivity contribution in [3.63, 3.8) is 0 Å². The van der Waals surface area contributed by atoms with Gasteiger partial charge in [0, 0.05) is 23.6 Å². The molecule has 1 aromatic heterocycles. The molecule has 0 aliphatic rings. The number of hydrogen-bond acceptors (Lipinski definition) is 5. The predicted octanol–water partition coefficient (Wildman–Crippen LogP) is 7.76. The molecule has 6 nitrogen and oxygen atoms in total. The number of aromatic nitrogens is 1. The normalized spacial score (nSPS) is 10.7. The first-order valence-electron chi connectivity index (χ1n) is 10.8. The van der Waals surface area contributed by atoms with Gasteiger partial charge in [0.2, 0.25) is 11.0 Å². The Morgan fingerprint density at radius 2 is 1.64 bits per heavy atom. The third-order valence-corrected chi connectivity index (χ3v) is 6.80. The van der Waals surface area contributed by atoms with E-state index in [1.165, 1.54) is 15.9 Å². The zero-order valence-corrected chi connectivity index (χ0v) is 22.1. The molecule has 184 valence electrons. The third kappa shape index (κ3) is 6.36. The Labute approximate surface area is 227 Å². The zero-order valence-electron chi connectivity index (χ0n) is 19.0. The summed E-state index contributed by atoms with van der Waals surface area (Å²) in [6.45, 7) is 0.476. The molecule has 0 spiro atoms. The maximum absolute atomic E-state index is 13.5. The number of nitrogens with zero attached hydrogens (tertiary/aromatic N) is 3. The van der Waals surface area contributed by atoms with Crippen LogP contribution in [0.25, 0.3) is 0 Å². The van der Waals surface area contributed by atoms with Crippen molar-refractivity contribution in [2.24, 2.45) is 0 Å². The van der Waals surface area contributed by atoms with E-state index in [1.54, 1.807) is 48.8 Å². The van der Waals surface area contributed by atoms with Gasteiger partial charge in [-0.05, 0) is 54.4 Å². The molecular formula is C26H20Cl3N3O3S. The molecule has 10 heteroatoms. The lowest BCUT2D eigenvalue weighted by Gasteiger charge is -2.21. The summed E-state index contributed by atoms with van der Waals surface area (Å²) in [5.41, 5.74) is 1.87. The molecule has 0 fully saturated rings. The SMILES string of the molecule is CN(CCc1ccccc1)C(=O)Oc1csc(N(C(=O)c2ccc(Cl)cc2Cl)c2ccc(Cl)cc2)n1. The van der Waals surface area contributed by atoms with Gasteiger partial charge in [-0.25, -0.2) is 4.79 Å². The van der Waals surface area contributed by atoms with Crippen molar-refractivity contribution < 1.29 is 14.3 Å². The average Bonchev–Trinajstić information content (AvgIpc) is 3.32. The second-order valence-electron chi connectivity index (χ2n) is 7.73. The van der Waals surface area contributed by atoms with Crippen LogP contribution in [0.2, 0.25) is 15.1 Å². The summed E-state index contributed by atoms with van der Waals surface area (Å²) in [5, 5.41) is 2.99. The highest BCUT2D eigenvalue weighted by molar-refractivity contribution is 7.14. The summed E-state index contributed by atoms with van der Waals surface area (Å²) in [4.78, 5) is 33.4. The maximum atomic E-state index is 13.5. The fourth-order valence-electron chi connectivity index (χ4n) is 3.29. The van der Waals surface area contributed by atoms with Crippen LogP contribution in [-0.4, -0.2) is 35.5 Å². The lowest BCUT2D eigenvalue weighted by Crippen LogP contribution is -2.31. The summed E-state index contributed by atoms with van der Waals surface area (Å²) in [7, 11) is 1.66. The third-order valence-electron chi connectivity index (χ3n) is 5.19. The van der Waals surface area contributed by atoms with Crippen LogP contribution in [0.1, 0.15) is 15.9 Å². The van der Waals surface area contributed by atoms with E-state index in [2.05, 4.69) is 4.98 Å². The van der Waals surface area contributed by atoms with E-state index in [1.807, 2.05) is 30.3 Å². The number of thiazole rings is 1. The average molecular weight is 561 g/mol. The number of carbonyl (C=O) groups is 2. The lowest BCUT2D eigenvalue weighted by atomic mass is 10.1. The quantitative estimate of drug-likeness (QED) is 0.232. The summed E-state index contributed by atoms with van der Waals surface area (Å²) >= 11 is 19.5. The molecule has 0 saturated heterocycles. The number of carbonyl (C=O) groups excluding carboxylic acids is 2. The first-order valence-corrected chi connectivity index (χ1v) is 12.8. The largest absolute Gasteiger partial charge is 0.416 e. The number of hydrogen-bond donors (Lipinski definition) is 0. The summed E-state index contributed by atoms with van der Waals surface area (Å²) in [6, 6.07) is 21.2. The van der Waals surface area contributed by atoms with E-state index >= 15 is 0 Å². The second-order valence-corrected chi connectivity index (χ2v) is 9.85. The highest BCUT2D eigenvalue weighted by atomic mass is 35.5. The van der Waals surface area contributed by atoms with E-state index in [4.69, 9.17) is 39.5 Å². The molecule has 0 N–H and O–H groups in total. The maximum Gasteiger partial charge on any atom is 0.416 e. The van der Waals surface area contributed by atoms with E-state index in [0.29, 0.717) is 33.8 Å². The van der Waals surface area contributed by atoms with Crippen LogP contribution in [0.5, 0.6) is 5.88 Å². The Hall–Kier alpha value is -3.10. The van der Waals surface area contributed by atoms with Crippen LogP contribution in [0, 0.1) is 0 Å². The van der Waals surface area contributed by atoms with Crippen molar-refractivity contribution >= 4 is 69.0 Å². The molecule has 4 aromatic rings. The van der Waals surface area contributed by atoms with Crippen molar-refractivity contribution in [1.82, 2.24) is 9.88 Å². The molecule has 4 rings (SSSR count). The molecule has 36 heavy (non-hydrogen) atoms. The number of benzene rings is 3. The Kier molecular flexibility index (Phi) is 8.48. The Morgan fingerprint density at radius 1 is 0.944 bits per heavy atom. The molecule has 0 atom stereocenters. The molecule has 2 amide bonds. The highest BCUT2D eigenvalue weighted by Crippen LogP contribution is 2.35. The summed E-state index contributed by atoms with van der Waals surface area (Å²) < 4.78 is 5.46. The van der Waals surface area contributed by atoms with Gasteiger partial charge in [-0.3, -0.25) is 9.69 Å².